The zero-order valence-corrected chi connectivity index (χ0v) is 12.7. The molecule has 1 aromatic heterocycles. The minimum absolute atomic E-state index is 0.0906. The van der Waals surface area contributed by atoms with Gasteiger partial charge in [-0.15, -0.1) is 0 Å². The lowest BCUT2D eigenvalue weighted by Gasteiger charge is -2.47. The predicted octanol–water partition coefficient (Wildman–Crippen LogP) is 1.41. The Morgan fingerprint density at radius 3 is 2.50 bits per heavy atom. The van der Waals surface area contributed by atoms with Gasteiger partial charge in [-0.25, -0.2) is 0 Å². The van der Waals surface area contributed by atoms with Crippen LogP contribution < -0.4 is 5.32 Å². The molecule has 0 saturated carbocycles. The number of aryl methyl sites for hydroxylation is 1. The van der Waals surface area contributed by atoms with Gasteiger partial charge >= 0.3 is 0 Å². The van der Waals surface area contributed by atoms with Gasteiger partial charge in [0.05, 0.1) is 12.2 Å². The van der Waals surface area contributed by atoms with Gasteiger partial charge in [-0.2, -0.15) is 0 Å². The number of aromatic nitrogens is 1. The number of amides is 2. The van der Waals surface area contributed by atoms with Gasteiger partial charge in [0.1, 0.15) is 11.1 Å². The normalized spacial score (nSPS) is 20.8. The summed E-state index contributed by atoms with van der Waals surface area (Å²) >= 11 is 0. The molecule has 1 aliphatic rings. The van der Waals surface area contributed by atoms with Crippen LogP contribution in [-0.2, 0) is 16.1 Å². The average Bonchev–Trinajstić information content (AvgIpc) is 2.34. The predicted molar refractivity (Wildman–Crippen MR) is 75.8 cm³/mol. The lowest BCUT2D eigenvalue weighted by atomic mass is 9.89. The minimum atomic E-state index is -0.880. The van der Waals surface area contributed by atoms with Gasteiger partial charge in [0.15, 0.2) is 0 Å². The fourth-order valence-corrected chi connectivity index (χ4v) is 2.31. The van der Waals surface area contributed by atoms with Crippen LogP contribution in [0.25, 0.3) is 0 Å². The number of carbonyl (C=O) groups excluding carboxylic acids is 2. The first-order valence-corrected chi connectivity index (χ1v) is 6.71. The fourth-order valence-electron chi connectivity index (χ4n) is 2.31. The topological polar surface area (TPSA) is 62.3 Å². The average molecular weight is 275 g/mol. The van der Waals surface area contributed by atoms with Gasteiger partial charge in [-0.1, -0.05) is 6.07 Å². The summed E-state index contributed by atoms with van der Waals surface area (Å²) in [4.78, 5) is 30.8. The summed E-state index contributed by atoms with van der Waals surface area (Å²) in [6.45, 7) is 9.26. The lowest BCUT2D eigenvalue weighted by Crippen LogP contribution is -2.71. The Morgan fingerprint density at radius 2 is 1.90 bits per heavy atom. The third-order valence-corrected chi connectivity index (χ3v) is 3.86. The van der Waals surface area contributed by atoms with Crippen LogP contribution in [0, 0.1) is 6.92 Å². The molecule has 1 fully saturated rings. The summed E-state index contributed by atoms with van der Waals surface area (Å²) in [5.74, 6) is -0.233. The Labute approximate surface area is 119 Å². The maximum Gasteiger partial charge on any atom is 0.248 e. The van der Waals surface area contributed by atoms with E-state index in [4.69, 9.17) is 0 Å². The van der Waals surface area contributed by atoms with Crippen molar-refractivity contribution in [2.24, 2.45) is 0 Å². The molecule has 5 heteroatoms. The molecule has 1 aliphatic heterocycles. The molecule has 2 heterocycles. The summed E-state index contributed by atoms with van der Waals surface area (Å²) in [5.41, 5.74) is 0.0746. The van der Waals surface area contributed by atoms with Crippen LogP contribution in [-0.4, -0.2) is 32.8 Å². The molecule has 0 aromatic carbocycles. The van der Waals surface area contributed by atoms with Crippen molar-refractivity contribution in [1.29, 1.82) is 0 Å². The number of rotatable bonds is 2. The molecule has 0 radical (unpaired) electrons. The summed E-state index contributed by atoms with van der Waals surface area (Å²) in [6.07, 6.45) is 1.70. The lowest BCUT2D eigenvalue weighted by molar-refractivity contribution is -0.160. The van der Waals surface area contributed by atoms with Crippen molar-refractivity contribution in [2.45, 2.75) is 52.2 Å². The molecule has 0 unspecified atom stereocenters. The number of carbonyl (C=O) groups is 2. The van der Waals surface area contributed by atoms with E-state index in [9.17, 15) is 9.59 Å². The largest absolute Gasteiger partial charge is 0.340 e. The second-order valence-electron chi connectivity index (χ2n) is 6.30. The molecular weight excluding hydrogens is 254 g/mol. The number of hydrogen-bond acceptors (Lipinski definition) is 3. The minimum Gasteiger partial charge on any atom is -0.340 e. The smallest absolute Gasteiger partial charge is 0.248 e. The van der Waals surface area contributed by atoms with Crippen molar-refractivity contribution in [2.75, 3.05) is 0 Å². The van der Waals surface area contributed by atoms with Gasteiger partial charge in [-0.3, -0.25) is 14.6 Å². The Morgan fingerprint density at radius 1 is 1.25 bits per heavy atom. The van der Waals surface area contributed by atoms with E-state index in [1.54, 1.807) is 38.8 Å². The summed E-state index contributed by atoms with van der Waals surface area (Å²) in [6, 6.07) is 3.81. The van der Waals surface area contributed by atoms with Crippen molar-refractivity contribution in [3.05, 3.63) is 29.6 Å². The van der Waals surface area contributed by atoms with E-state index in [-0.39, 0.29) is 11.8 Å². The standard InChI is InChI=1S/C15H21N3O2/c1-10-7-6-8-16-11(10)9-18-13(20)14(2,3)17-12(19)15(18,4)5/h6-8H,9H2,1-5H3,(H,17,19). The molecule has 20 heavy (non-hydrogen) atoms. The van der Waals surface area contributed by atoms with Crippen LogP contribution in [0.1, 0.15) is 39.0 Å². The van der Waals surface area contributed by atoms with Crippen molar-refractivity contribution in [3.8, 4) is 0 Å². The van der Waals surface area contributed by atoms with Crippen LogP contribution >= 0.6 is 0 Å². The van der Waals surface area contributed by atoms with Crippen molar-refractivity contribution >= 4 is 11.8 Å². The van der Waals surface area contributed by atoms with E-state index in [2.05, 4.69) is 10.3 Å². The van der Waals surface area contributed by atoms with E-state index in [0.29, 0.717) is 6.54 Å². The van der Waals surface area contributed by atoms with Crippen molar-refractivity contribution in [3.63, 3.8) is 0 Å². The first kappa shape index (κ1) is 14.5. The Balaban J connectivity index is 2.39. The Bertz CT molecular complexity index is 564. The summed E-state index contributed by atoms with van der Waals surface area (Å²) < 4.78 is 0. The van der Waals surface area contributed by atoms with E-state index in [1.807, 2.05) is 19.1 Å². The maximum atomic E-state index is 12.6. The van der Waals surface area contributed by atoms with E-state index < -0.39 is 11.1 Å². The first-order valence-electron chi connectivity index (χ1n) is 6.71. The van der Waals surface area contributed by atoms with Crippen molar-refractivity contribution in [1.82, 2.24) is 15.2 Å². The molecule has 2 rings (SSSR count). The van der Waals surface area contributed by atoms with Crippen LogP contribution in [0.4, 0.5) is 0 Å². The van der Waals surface area contributed by atoms with E-state index in [0.717, 1.165) is 11.3 Å². The third kappa shape index (κ3) is 2.28. The van der Waals surface area contributed by atoms with Crippen LogP contribution in [0.5, 0.6) is 0 Å². The maximum absolute atomic E-state index is 12.6. The van der Waals surface area contributed by atoms with Gasteiger partial charge in [0.25, 0.3) is 0 Å². The second-order valence-corrected chi connectivity index (χ2v) is 6.30. The molecule has 5 nitrogen and oxygen atoms in total. The molecule has 0 aliphatic carbocycles. The Hall–Kier alpha value is -1.91. The Kier molecular flexibility index (Phi) is 3.32. The molecule has 0 spiro atoms. The summed E-state index contributed by atoms with van der Waals surface area (Å²) in [5, 5.41) is 2.78. The molecule has 2 amide bonds. The van der Waals surface area contributed by atoms with Gasteiger partial charge in [-0.05, 0) is 46.2 Å². The SMILES string of the molecule is Cc1cccnc1CN1C(=O)C(C)(C)NC(=O)C1(C)C. The van der Waals surface area contributed by atoms with Crippen molar-refractivity contribution < 1.29 is 9.59 Å². The second kappa shape index (κ2) is 4.58. The monoisotopic (exact) mass is 275 g/mol. The molecule has 1 N–H and O–H groups in total. The first-order chi connectivity index (χ1) is 9.16. The highest BCUT2D eigenvalue weighted by atomic mass is 16.2. The number of piperazine rings is 1. The van der Waals surface area contributed by atoms with Crippen LogP contribution in [0.15, 0.2) is 18.3 Å². The van der Waals surface area contributed by atoms with Gasteiger partial charge in [0, 0.05) is 6.20 Å². The van der Waals surface area contributed by atoms with E-state index in [1.165, 1.54) is 0 Å². The highest BCUT2D eigenvalue weighted by Crippen LogP contribution is 2.27. The van der Waals surface area contributed by atoms with E-state index >= 15 is 0 Å². The number of nitrogens with one attached hydrogen (secondary N) is 1. The fraction of sp³-hybridized carbons (Fsp3) is 0.533. The highest BCUT2D eigenvalue weighted by molar-refractivity contribution is 6.01. The van der Waals surface area contributed by atoms with Crippen LogP contribution in [0.3, 0.4) is 0 Å². The molecule has 1 aromatic rings. The molecule has 0 atom stereocenters. The highest BCUT2D eigenvalue weighted by Gasteiger charge is 2.50. The van der Waals surface area contributed by atoms with Crippen LogP contribution in [0.2, 0.25) is 0 Å². The quantitative estimate of drug-likeness (QED) is 0.887. The molecule has 1 saturated heterocycles. The van der Waals surface area contributed by atoms with Gasteiger partial charge < -0.3 is 10.2 Å². The van der Waals surface area contributed by atoms with Gasteiger partial charge in [0.2, 0.25) is 11.8 Å². The number of pyridine rings is 1. The molecular formula is C15H21N3O2. The molecule has 108 valence electrons. The third-order valence-electron chi connectivity index (χ3n) is 3.86. The summed E-state index contributed by atoms with van der Waals surface area (Å²) in [7, 11) is 0. The number of hydrogen-bond donors (Lipinski definition) is 1. The number of nitrogens with zero attached hydrogens (tertiary/aromatic N) is 2. The zero-order valence-electron chi connectivity index (χ0n) is 12.7. The molecule has 0 bridgehead atoms. The zero-order chi connectivity index (χ0) is 15.1.